The van der Waals surface area contributed by atoms with Crippen LogP contribution in [-0.4, -0.2) is 64.8 Å². The summed E-state index contributed by atoms with van der Waals surface area (Å²) in [5, 5.41) is 6.25. The number of nitrogens with zero attached hydrogens (tertiary/aromatic N) is 4. The summed E-state index contributed by atoms with van der Waals surface area (Å²) in [6.45, 7) is 6.74. The molecule has 2 fully saturated rings. The molecule has 43 heavy (non-hydrogen) atoms. The van der Waals surface area contributed by atoms with Crippen LogP contribution in [0.5, 0.6) is 0 Å². The first kappa shape index (κ1) is 31.0. The number of hydrogen-bond acceptors (Lipinski definition) is 8. The number of benzene rings is 1. The first-order valence-corrected chi connectivity index (χ1v) is 16.4. The normalized spacial score (nSPS) is 17.1. The SMILES string of the molecule is CCCCOC(=O)NC(CC)c1cc(C)nc2c(F)cc(-c3nc(NC4CCN(S(=O)(=O)C5CC5)CC4)ncc3F)cc12. The van der Waals surface area contributed by atoms with Crippen LogP contribution in [0.1, 0.15) is 76.1 Å². The van der Waals surface area contributed by atoms with Crippen LogP contribution in [0.15, 0.2) is 24.4 Å². The van der Waals surface area contributed by atoms with Crippen molar-refractivity contribution in [2.45, 2.75) is 83.1 Å². The summed E-state index contributed by atoms with van der Waals surface area (Å²) in [4.78, 5) is 25.3. The molecule has 2 N–H and O–H groups in total. The van der Waals surface area contributed by atoms with Crippen LogP contribution in [0.25, 0.3) is 22.2 Å². The standard InChI is InChI=1S/C30H38F2N6O4S/c1-4-6-13-42-30(39)36-26(5-2)22-14-18(3)34-28-23(22)15-19(16-24(28)31)27-25(32)17-33-29(37-27)35-20-9-11-38(12-10-20)43(40,41)21-7-8-21/h14-17,20-21,26H,4-13H2,1-3H3,(H,36,39)(H,33,35,37). The average Bonchev–Trinajstić information content (AvgIpc) is 3.84. The highest BCUT2D eigenvalue weighted by atomic mass is 32.2. The summed E-state index contributed by atoms with van der Waals surface area (Å²) < 4.78 is 62.6. The molecule has 0 bridgehead atoms. The van der Waals surface area contributed by atoms with Gasteiger partial charge < -0.3 is 15.4 Å². The summed E-state index contributed by atoms with van der Waals surface area (Å²) in [7, 11) is -3.23. The van der Waals surface area contributed by atoms with Gasteiger partial charge in [0.25, 0.3) is 0 Å². The maximum Gasteiger partial charge on any atom is 0.407 e. The molecule has 13 heteroatoms. The Morgan fingerprint density at radius 3 is 2.51 bits per heavy atom. The lowest BCUT2D eigenvalue weighted by Gasteiger charge is -2.31. The molecule has 1 aromatic carbocycles. The molecule has 1 unspecified atom stereocenters. The van der Waals surface area contributed by atoms with Gasteiger partial charge in [-0.1, -0.05) is 20.3 Å². The van der Waals surface area contributed by atoms with Gasteiger partial charge in [-0.25, -0.2) is 36.3 Å². The van der Waals surface area contributed by atoms with Crippen LogP contribution in [-0.2, 0) is 14.8 Å². The van der Waals surface area contributed by atoms with E-state index >= 15 is 8.78 Å². The second-order valence-corrected chi connectivity index (χ2v) is 13.5. The number of rotatable bonds is 11. The molecule has 0 spiro atoms. The van der Waals surface area contributed by atoms with Crippen LogP contribution in [0.3, 0.4) is 0 Å². The molecule has 3 aromatic rings. The van der Waals surface area contributed by atoms with Gasteiger partial charge in [-0.3, -0.25) is 4.98 Å². The Balaban J connectivity index is 1.39. The zero-order valence-corrected chi connectivity index (χ0v) is 25.5. The van der Waals surface area contributed by atoms with Crippen molar-refractivity contribution >= 4 is 33.0 Å². The lowest BCUT2D eigenvalue weighted by Crippen LogP contribution is -2.43. The quantitative estimate of drug-likeness (QED) is 0.266. The number of piperidine rings is 1. The molecule has 5 rings (SSSR count). The monoisotopic (exact) mass is 616 g/mol. The van der Waals surface area contributed by atoms with E-state index in [2.05, 4.69) is 25.6 Å². The summed E-state index contributed by atoms with van der Waals surface area (Å²) >= 11 is 0. The van der Waals surface area contributed by atoms with Crippen LogP contribution in [0, 0.1) is 18.6 Å². The number of nitrogens with one attached hydrogen (secondary N) is 2. The number of amides is 1. The Labute approximate surface area is 250 Å². The molecule has 1 amide bonds. The van der Waals surface area contributed by atoms with E-state index in [1.165, 1.54) is 6.07 Å². The van der Waals surface area contributed by atoms with Crippen LogP contribution < -0.4 is 10.6 Å². The fraction of sp³-hybridized carbons (Fsp3) is 0.533. The summed E-state index contributed by atoms with van der Waals surface area (Å²) in [5.74, 6) is -1.19. The molecule has 1 saturated carbocycles. The Hall–Kier alpha value is -3.45. The second-order valence-electron chi connectivity index (χ2n) is 11.3. The lowest BCUT2D eigenvalue weighted by atomic mass is 9.96. The zero-order valence-electron chi connectivity index (χ0n) is 24.7. The van der Waals surface area contributed by atoms with E-state index in [9.17, 15) is 13.2 Å². The van der Waals surface area contributed by atoms with E-state index in [-0.39, 0.29) is 34.0 Å². The molecule has 2 aliphatic rings. The maximum absolute atomic E-state index is 15.5. The number of anilines is 1. The number of unbranched alkanes of at least 4 members (excludes halogenated alkanes) is 1. The number of fused-ring (bicyclic) bond motifs is 1. The topological polar surface area (TPSA) is 126 Å². The molecular weight excluding hydrogens is 578 g/mol. The summed E-state index contributed by atoms with van der Waals surface area (Å²) in [6.07, 6.45) is 5.19. The highest BCUT2D eigenvalue weighted by molar-refractivity contribution is 7.90. The molecule has 10 nitrogen and oxygen atoms in total. The van der Waals surface area contributed by atoms with Gasteiger partial charge in [0.15, 0.2) is 5.82 Å². The van der Waals surface area contributed by atoms with Crippen molar-refractivity contribution in [3.63, 3.8) is 0 Å². The molecule has 1 aliphatic carbocycles. The van der Waals surface area contributed by atoms with Gasteiger partial charge in [-0.2, -0.15) is 0 Å². The molecule has 0 radical (unpaired) electrons. The Morgan fingerprint density at radius 1 is 1.09 bits per heavy atom. The minimum atomic E-state index is -3.23. The largest absolute Gasteiger partial charge is 0.450 e. The van der Waals surface area contributed by atoms with Gasteiger partial charge in [-0.05, 0) is 69.2 Å². The minimum Gasteiger partial charge on any atom is -0.450 e. The minimum absolute atomic E-state index is 0.0847. The summed E-state index contributed by atoms with van der Waals surface area (Å²) in [6, 6.07) is 4.02. The van der Waals surface area contributed by atoms with E-state index in [1.807, 2.05) is 13.8 Å². The Kier molecular flexibility index (Phi) is 9.40. The number of carbonyl (C=O) groups is 1. The fourth-order valence-electron chi connectivity index (χ4n) is 5.42. The Bertz CT molecular complexity index is 1590. The highest BCUT2D eigenvalue weighted by Crippen LogP contribution is 2.34. The first-order chi connectivity index (χ1) is 20.6. The first-order valence-electron chi connectivity index (χ1n) is 14.9. The van der Waals surface area contributed by atoms with Crippen LogP contribution in [0.2, 0.25) is 0 Å². The van der Waals surface area contributed by atoms with Crippen molar-refractivity contribution in [3.05, 3.63) is 47.3 Å². The fourth-order valence-corrected chi connectivity index (χ4v) is 7.29. The number of ether oxygens (including phenoxy) is 1. The molecular formula is C30H38F2N6O4S. The van der Waals surface area contributed by atoms with E-state index < -0.39 is 33.8 Å². The molecule has 3 heterocycles. The average molecular weight is 617 g/mol. The third-order valence-corrected chi connectivity index (χ3v) is 10.3. The predicted molar refractivity (Wildman–Crippen MR) is 160 cm³/mol. The summed E-state index contributed by atoms with van der Waals surface area (Å²) in [5.41, 5.74) is 1.44. The molecule has 232 valence electrons. The van der Waals surface area contributed by atoms with Gasteiger partial charge in [0.05, 0.1) is 24.1 Å². The number of aromatic nitrogens is 3. The van der Waals surface area contributed by atoms with Crippen molar-refractivity contribution in [3.8, 4) is 11.3 Å². The highest BCUT2D eigenvalue weighted by Gasteiger charge is 2.41. The van der Waals surface area contributed by atoms with E-state index in [1.54, 1.807) is 23.4 Å². The zero-order chi connectivity index (χ0) is 30.7. The number of halogens is 2. The molecule has 1 aliphatic heterocycles. The smallest absolute Gasteiger partial charge is 0.407 e. The van der Waals surface area contributed by atoms with Crippen molar-refractivity contribution in [1.82, 2.24) is 24.6 Å². The van der Waals surface area contributed by atoms with Gasteiger partial charge in [-0.15, -0.1) is 0 Å². The number of pyridine rings is 1. The third-order valence-electron chi connectivity index (χ3n) is 7.94. The molecule has 2 aromatic heterocycles. The van der Waals surface area contributed by atoms with Crippen molar-refractivity contribution in [2.24, 2.45) is 0 Å². The van der Waals surface area contributed by atoms with E-state index in [0.29, 0.717) is 55.6 Å². The molecule has 1 atom stereocenters. The number of aryl methyl sites for hydroxylation is 1. The second kappa shape index (κ2) is 13.0. The van der Waals surface area contributed by atoms with Crippen LogP contribution in [0.4, 0.5) is 19.5 Å². The maximum atomic E-state index is 15.5. The third kappa shape index (κ3) is 7.04. The molecule has 1 saturated heterocycles. The van der Waals surface area contributed by atoms with E-state index in [4.69, 9.17) is 4.74 Å². The predicted octanol–water partition coefficient (Wildman–Crippen LogP) is 5.62. The van der Waals surface area contributed by atoms with Gasteiger partial charge in [0.1, 0.15) is 17.0 Å². The van der Waals surface area contributed by atoms with Crippen LogP contribution >= 0.6 is 0 Å². The van der Waals surface area contributed by atoms with Gasteiger partial charge in [0.2, 0.25) is 16.0 Å². The number of hydrogen-bond donors (Lipinski definition) is 2. The van der Waals surface area contributed by atoms with Gasteiger partial charge >= 0.3 is 6.09 Å². The van der Waals surface area contributed by atoms with E-state index in [0.717, 1.165) is 31.9 Å². The lowest BCUT2D eigenvalue weighted by molar-refractivity contribution is 0.140. The van der Waals surface area contributed by atoms with Crippen molar-refractivity contribution in [2.75, 3.05) is 25.0 Å². The number of sulfonamides is 1. The number of alkyl carbamates (subject to hydrolysis) is 1. The van der Waals surface area contributed by atoms with Gasteiger partial charge in [0, 0.05) is 35.8 Å². The number of carbonyl (C=O) groups excluding carboxylic acids is 1. The van der Waals surface area contributed by atoms with Crippen molar-refractivity contribution < 1.29 is 26.7 Å². The van der Waals surface area contributed by atoms with Crippen molar-refractivity contribution in [1.29, 1.82) is 0 Å². The Morgan fingerprint density at radius 2 is 1.84 bits per heavy atom.